The Kier molecular flexibility index (Phi) is 50.2. The van der Waals surface area contributed by atoms with Crippen molar-refractivity contribution in [1.29, 1.82) is 0 Å². The van der Waals surface area contributed by atoms with Crippen LogP contribution in [0.4, 0.5) is 0 Å². The second-order valence-corrected chi connectivity index (χ2v) is 18.7. The van der Waals surface area contributed by atoms with Crippen molar-refractivity contribution < 1.29 is 15.0 Å². The third kappa shape index (κ3) is 47.8. The van der Waals surface area contributed by atoms with Crippen LogP contribution in [0, 0.1) is 0 Å². The van der Waals surface area contributed by atoms with Crippen molar-refractivity contribution in [1.82, 2.24) is 5.32 Å². The van der Waals surface area contributed by atoms with Crippen molar-refractivity contribution in [2.24, 2.45) is 0 Å². The molecule has 0 bridgehead atoms. The number of rotatable bonds is 50. The van der Waals surface area contributed by atoms with Gasteiger partial charge in [0.05, 0.1) is 18.8 Å². The third-order valence-corrected chi connectivity index (χ3v) is 12.7. The van der Waals surface area contributed by atoms with Crippen LogP contribution < -0.4 is 5.32 Å². The van der Waals surface area contributed by atoms with Crippen molar-refractivity contribution >= 4 is 5.91 Å². The third-order valence-electron chi connectivity index (χ3n) is 12.7. The van der Waals surface area contributed by atoms with Crippen LogP contribution >= 0.6 is 0 Å². The van der Waals surface area contributed by atoms with Crippen LogP contribution in [0.25, 0.3) is 0 Å². The van der Waals surface area contributed by atoms with Gasteiger partial charge in [-0.1, -0.05) is 295 Å². The maximum atomic E-state index is 12.3. The van der Waals surface area contributed by atoms with Crippen LogP contribution in [-0.2, 0) is 4.79 Å². The van der Waals surface area contributed by atoms with Crippen LogP contribution in [0.3, 0.4) is 0 Å². The molecule has 0 saturated carbocycles. The number of hydrogen-bond acceptors (Lipinski definition) is 3. The van der Waals surface area contributed by atoms with E-state index in [9.17, 15) is 15.0 Å². The predicted molar refractivity (Wildman–Crippen MR) is 262 cm³/mol. The number of amides is 1. The Morgan fingerprint density at radius 3 is 0.966 bits per heavy atom. The summed E-state index contributed by atoms with van der Waals surface area (Å²) in [5.74, 6) is -0.0723. The minimum Gasteiger partial charge on any atom is -0.394 e. The Morgan fingerprint density at radius 1 is 0.390 bits per heavy atom. The van der Waals surface area contributed by atoms with Crippen molar-refractivity contribution in [3.05, 3.63) is 24.3 Å². The van der Waals surface area contributed by atoms with Crippen LogP contribution in [0.5, 0.6) is 0 Å². The highest BCUT2D eigenvalue weighted by Gasteiger charge is 2.18. The Bertz CT molecular complexity index is 855. The van der Waals surface area contributed by atoms with E-state index in [0.29, 0.717) is 6.42 Å². The minimum absolute atomic E-state index is 0.0723. The van der Waals surface area contributed by atoms with Crippen LogP contribution in [0.15, 0.2) is 24.3 Å². The van der Waals surface area contributed by atoms with Gasteiger partial charge < -0.3 is 15.5 Å². The molecule has 350 valence electrons. The van der Waals surface area contributed by atoms with Gasteiger partial charge >= 0.3 is 0 Å². The average Bonchev–Trinajstić information content (AvgIpc) is 3.24. The van der Waals surface area contributed by atoms with E-state index >= 15 is 0 Å². The number of allylic oxidation sites excluding steroid dienone is 3. The molecule has 0 heterocycles. The summed E-state index contributed by atoms with van der Waals surface area (Å²) >= 11 is 0. The van der Waals surface area contributed by atoms with E-state index in [2.05, 4.69) is 31.3 Å². The first-order valence-corrected chi connectivity index (χ1v) is 27.1. The number of aliphatic hydroxyl groups is 2. The van der Waals surface area contributed by atoms with Gasteiger partial charge in [0.1, 0.15) is 0 Å². The first-order valence-electron chi connectivity index (χ1n) is 27.1. The number of aliphatic hydroxyl groups excluding tert-OH is 2. The highest BCUT2D eigenvalue weighted by Crippen LogP contribution is 2.18. The van der Waals surface area contributed by atoms with Gasteiger partial charge in [-0.25, -0.2) is 0 Å². The molecule has 2 unspecified atom stereocenters. The first kappa shape index (κ1) is 57.9. The fourth-order valence-electron chi connectivity index (χ4n) is 8.54. The lowest BCUT2D eigenvalue weighted by Gasteiger charge is -2.19. The molecular formula is C55H107NO3. The number of hydrogen-bond donors (Lipinski definition) is 3. The summed E-state index contributed by atoms with van der Waals surface area (Å²) in [5.41, 5.74) is 0. The highest BCUT2D eigenvalue weighted by molar-refractivity contribution is 5.76. The fraction of sp³-hybridized carbons (Fsp3) is 0.909. The molecule has 0 aliphatic rings. The molecule has 59 heavy (non-hydrogen) atoms. The molecule has 2 atom stereocenters. The maximum Gasteiger partial charge on any atom is 0.220 e. The zero-order valence-electron chi connectivity index (χ0n) is 40.3. The zero-order valence-corrected chi connectivity index (χ0v) is 40.3. The van der Waals surface area contributed by atoms with Crippen molar-refractivity contribution in [2.75, 3.05) is 6.61 Å². The lowest BCUT2D eigenvalue weighted by Crippen LogP contribution is -2.45. The lowest BCUT2D eigenvalue weighted by molar-refractivity contribution is -0.123. The average molecular weight is 830 g/mol. The Morgan fingerprint density at radius 2 is 0.661 bits per heavy atom. The molecule has 4 nitrogen and oxygen atoms in total. The molecule has 1 amide bonds. The smallest absolute Gasteiger partial charge is 0.220 e. The second-order valence-electron chi connectivity index (χ2n) is 18.7. The summed E-state index contributed by atoms with van der Waals surface area (Å²) in [4.78, 5) is 12.3. The fourth-order valence-corrected chi connectivity index (χ4v) is 8.54. The molecule has 0 aromatic heterocycles. The Labute approximate surface area is 370 Å². The summed E-state index contributed by atoms with van der Waals surface area (Å²) < 4.78 is 0. The van der Waals surface area contributed by atoms with Crippen LogP contribution in [0.1, 0.15) is 303 Å². The molecule has 0 rings (SSSR count). The molecular weight excluding hydrogens is 723 g/mol. The van der Waals surface area contributed by atoms with Gasteiger partial charge in [0.2, 0.25) is 5.91 Å². The van der Waals surface area contributed by atoms with Gasteiger partial charge in [-0.2, -0.15) is 0 Å². The number of nitrogens with one attached hydrogen (secondary N) is 1. The monoisotopic (exact) mass is 830 g/mol. The van der Waals surface area contributed by atoms with Gasteiger partial charge in [-0.05, 0) is 25.7 Å². The SMILES string of the molecule is CCCC/C=C/CC/C=C/C(O)C(CO)NC(=O)CCCCCCCCCCCCCCCCCCCCCCCCCCCCCCCCCCCCCCCCC. The van der Waals surface area contributed by atoms with E-state index in [0.717, 1.165) is 32.1 Å². The second kappa shape index (κ2) is 51.2. The maximum absolute atomic E-state index is 12.3. The standard InChI is InChI=1S/C55H107NO3/c1-3-5-7-9-11-13-14-15-16-17-18-19-20-21-22-23-24-25-26-27-28-29-30-31-32-33-34-35-36-37-38-39-40-41-42-43-45-47-49-51-55(59)56-53(52-57)54(58)50-48-46-44-12-10-8-6-4-2/h10,12,48,50,53-54,57-58H,3-9,11,13-47,49,51-52H2,1-2H3,(H,56,59)/b12-10+,50-48+. The van der Waals surface area contributed by atoms with Gasteiger partial charge in [0.15, 0.2) is 0 Å². The Balaban J connectivity index is 3.29. The van der Waals surface area contributed by atoms with E-state index < -0.39 is 12.1 Å². The summed E-state index contributed by atoms with van der Waals surface area (Å²) in [6, 6.07) is -0.633. The van der Waals surface area contributed by atoms with E-state index in [1.165, 1.54) is 250 Å². The topological polar surface area (TPSA) is 69.6 Å². The molecule has 0 fully saturated rings. The Hall–Kier alpha value is -1.13. The van der Waals surface area contributed by atoms with Crippen molar-refractivity contribution in [3.8, 4) is 0 Å². The molecule has 0 aromatic rings. The summed E-state index contributed by atoms with van der Waals surface area (Å²) in [5, 5.41) is 22.8. The highest BCUT2D eigenvalue weighted by atomic mass is 16.3. The van der Waals surface area contributed by atoms with Gasteiger partial charge in [-0.3, -0.25) is 4.79 Å². The van der Waals surface area contributed by atoms with E-state index in [1.54, 1.807) is 6.08 Å². The molecule has 0 saturated heterocycles. The quantitative estimate of drug-likeness (QED) is 0.0422. The van der Waals surface area contributed by atoms with Gasteiger partial charge in [0.25, 0.3) is 0 Å². The number of carbonyl (C=O) groups excluding carboxylic acids is 1. The van der Waals surface area contributed by atoms with Crippen LogP contribution in [0.2, 0.25) is 0 Å². The minimum atomic E-state index is -0.856. The van der Waals surface area contributed by atoms with Crippen molar-refractivity contribution in [3.63, 3.8) is 0 Å². The molecule has 0 aromatic carbocycles. The van der Waals surface area contributed by atoms with E-state index in [1.807, 2.05) is 6.08 Å². The summed E-state index contributed by atoms with van der Waals surface area (Å²) in [7, 11) is 0. The van der Waals surface area contributed by atoms with Gasteiger partial charge in [0, 0.05) is 6.42 Å². The summed E-state index contributed by atoms with van der Waals surface area (Å²) in [6.45, 7) is 4.25. The van der Waals surface area contributed by atoms with Crippen molar-refractivity contribution in [2.45, 2.75) is 315 Å². The molecule has 0 spiro atoms. The molecule has 3 N–H and O–H groups in total. The summed E-state index contributed by atoms with van der Waals surface area (Å²) in [6.07, 6.45) is 68.1. The normalized spacial score (nSPS) is 12.9. The lowest BCUT2D eigenvalue weighted by atomic mass is 10.0. The molecule has 0 aliphatic carbocycles. The van der Waals surface area contributed by atoms with Gasteiger partial charge in [-0.15, -0.1) is 0 Å². The molecule has 0 radical (unpaired) electrons. The number of carbonyl (C=O) groups is 1. The number of unbranched alkanes of at least 4 members (excludes halogenated alkanes) is 41. The zero-order chi connectivity index (χ0) is 42.8. The first-order chi connectivity index (χ1) is 29.2. The predicted octanol–water partition coefficient (Wildman–Crippen LogP) is 17.5. The molecule has 4 heteroatoms. The largest absolute Gasteiger partial charge is 0.394 e. The van der Waals surface area contributed by atoms with Crippen LogP contribution in [-0.4, -0.2) is 34.9 Å². The molecule has 0 aliphatic heterocycles. The van der Waals surface area contributed by atoms with E-state index in [-0.39, 0.29) is 12.5 Å². The van der Waals surface area contributed by atoms with E-state index in [4.69, 9.17) is 0 Å².